The lowest BCUT2D eigenvalue weighted by molar-refractivity contribution is 0.101. The van der Waals surface area contributed by atoms with E-state index in [0.717, 1.165) is 11.5 Å². The van der Waals surface area contributed by atoms with Gasteiger partial charge in [0, 0.05) is 43.0 Å². The minimum absolute atomic E-state index is 0.0140. The summed E-state index contributed by atoms with van der Waals surface area (Å²) in [5, 5.41) is 2.97. The lowest BCUT2D eigenvalue weighted by Crippen LogP contribution is -2.24. The molecule has 9 nitrogen and oxygen atoms in total. The topological polar surface area (TPSA) is 108 Å². The number of nitrogens with one attached hydrogen (secondary N) is 1. The highest BCUT2D eigenvalue weighted by Gasteiger charge is 2.12. The van der Waals surface area contributed by atoms with E-state index < -0.39 is 0 Å². The molecule has 9 heteroatoms. The molecule has 0 aliphatic heterocycles. The van der Waals surface area contributed by atoms with Gasteiger partial charge in [-0.1, -0.05) is 12.1 Å². The number of ketones is 1. The largest absolute Gasteiger partial charge is 0.348 e. The third-order valence-corrected chi connectivity index (χ3v) is 4.66. The number of hydrogen-bond donors (Lipinski definition) is 1. The normalized spacial score (nSPS) is 10.7. The van der Waals surface area contributed by atoms with E-state index in [-0.39, 0.29) is 23.8 Å². The van der Waals surface area contributed by atoms with Gasteiger partial charge < -0.3 is 9.88 Å². The maximum absolute atomic E-state index is 12.8. The van der Waals surface area contributed by atoms with Crippen LogP contribution in [-0.2, 0) is 7.05 Å². The highest BCUT2D eigenvalue weighted by molar-refractivity contribution is 5.99. The Kier molecular flexibility index (Phi) is 5.17. The highest BCUT2D eigenvalue weighted by atomic mass is 16.1. The number of imidazole rings is 1. The van der Waals surface area contributed by atoms with Crippen LogP contribution in [0.5, 0.6) is 0 Å². The number of carbonyl (C=O) groups excluding carboxylic acids is 1. The molecule has 30 heavy (non-hydrogen) atoms. The molecule has 3 aromatic heterocycles. The molecule has 4 rings (SSSR count). The van der Waals surface area contributed by atoms with Gasteiger partial charge in [-0.15, -0.1) is 0 Å². The molecular weight excluding hydrogens is 382 g/mol. The van der Waals surface area contributed by atoms with E-state index in [9.17, 15) is 9.59 Å². The summed E-state index contributed by atoms with van der Waals surface area (Å²) < 4.78 is 3.25. The molecule has 0 spiro atoms. The summed E-state index contributed by atoms with van der Waals surface area (Å²) >= 11 is 0. The van der Waals surface area contributed by atoms with Gasteiger partial charge in [0.1, 0.15) is 12.2 Å². The molecule has 4 aromatic rings. The lowest BCUT2D eigenvalue weighted by atomic mass is 10.1. The first-order valence-electron chi connectivity index (χ1n) is 9.25. The van der Waals surface area contributed by atoms with E-state index in [1.807, 2.05) is 35.9 Å². The van der Waals surface area contributed by atoms with E-state index in [1.165, 1.54) is 17.0 Å². The average molecular weight is 401 g/mol. The van der Waals surface area contributed by atoms with E-state index in [0.29, 0.717) is 17.0 Å². The molecule has 0 atom stereocenters. The van der Waals surface area contributed by atoms with Gasteiger partial charge in [0.15, 0.2) is 5.78 Å². The Bertz CT molecular complexity index is 1260. The molecule has 0 unspecified atom stereocenters. The molecule has 0 amide bonds. The van der Waals surface area contributed by atoms with Gasteiger partial charge in [-0.2, -0.15) is 0 Å². The first kappa shape index (κ1) is 19.2. The van der Waals surface area contributed by atoms with E-state index in [2.05, 4.69) is 25.3 Å². The zero-order valence-corrected chi connectivity index (χ0v) is 16.5. The number of rotatable bonds is 6. The standard InChI is InChI=1S/C21H19N7O2/c1-14-23-8-9-28(14)16-5-3-4-15(10-16)19(29)12-24-21-26-18(11-20(30)27(21)2)17-6-7-22-13-25-17/h3-11,13H,12H2,1-2H3,(H,24,26). The van der Waals surface area contributed by atoms with Crippen molar-refractivity contribution in [2.75, 3.05) is 11.9 Å². The molecule has 0 aliphatic carbocycles. The Morgan fingerprint density at radius 2 is 1.97 bits per heavy atom. The average Bonchev–Trinajstić information content (AvgIpc) is 3.21. The minimum Gasteiger partial charge on any atom is -0.348 e. The number of Topliss-reactive ketones (excluding diaryl/α,β-unsaturated/α-hetero) is 1. The summed E-state index contributed by atoms with van der Waals surface area (Å²) in [7, 11) is 1.59. The maximum atomic E-state index is 12.8. The van der Waals surface area contributed by atoms with Crippen molar-refractivity contribution in [1.82, 2.24) is 29.1 Å². The van der Waals surface area contributed by atoms with Crippen molar-refractivity contribution < 1.29 is 4.79 Å². The Labute approximate surface area is 172 Å². The Hall–Kier alpha value is -4.14. The van der Waals surface area contributed by atoms with Crippen molar-refractivity contribution in [2.24, 2.45) is 7.05 Å². The second-order valence-corrected chi connectivity index (χ2v) is 6.63. The third-order valence-electron chi connectivity index (χ3n) is 4.66. The second kappa shape index (κ2) is 8.08. The molecule has 1 N–H and O–H groups in total. The Morgan fingerprint density at radius 3 is 2.70 bits per heavy atom. The maximum Gasteiger partial charge on any atom is 0.255 e. The van der Waals surface area contributed by atoms with E-state index in [4.69, 9.17) is 0 Å². The molecule has 0 saturated heterocycles. The number of anilines is 1. The van der Waals surface area contributed by atoms with Gasteiger partial charge in [0.2, 0.25) is 5.95 Å². The number of carbonyl (C=O) groups is 1. The van der Waals surface area contributed by atoms with Crippen LogP contribution in [0.2, 0.25) is 0 Å². The van der Waals surface area contributed by atoms with Crippen LogP contribution in [-0.4, -0.2) is 41.4 Å². The predicted molar refractivity (Wildman–Crippen MR) is 112 cm³/mol. The number of hydrogen-bond acceptors (Lipinski definition) is 7. The van der Waals surface area contributed by atoms with Gasteiger partial charge in [-0.05, 0) is 25.1 Å². The van der Waals surface area contributed by atoms with Crippen molar-refractivity contribution in [1.29, 1.82) is 0 Å². The lowest BCUT2D eigenvalue weighted by Gasteiger charge is -2.11. The van der Waals surface area contributed by atoms with Crippen molar-refractivity contribution in [3.8, 4) is 17.1 Å². The SMILES string of the molecule is Cc1nccn1-c1cccc(C(=O)CNc2nc(-c3ccncn3)cc(=O)n2C)c1. The molecule has 0 radical (unpaired) electrons. The van der Waals surface area contributed by atoms with E-state index >= 15 is 0 Å². The van der Waals surface area contributed by atoms with Gasteiger partial charge in [0.05, 0.1) is 17.9 Å². The smallest absolute Gasteiger partial charge is 0.255 e. The van der Waals surface area contributed by atoms with Crippen LogP contribution in [0.3, 0.4) is 0 Å². The van der Waals surface area contributed by atoms with Gasteiger partial charge in [-0.25, -0.2) is 19.9 Å². The van der Waals surface area contributed by atoms with Gasteiger partial charge in [0.25, 0.3) is 5.56 Å². The Morgan fingerprint density at radius 1 is 1.10 bits per heavy atom. The van der Waals surface area contributed by atoms with Crippen LogP contribution < -0.4 is 10.9 Å². The molecule has 150 valence electrons. The van der Waals surface area contributed by atoms with Crippen molar-refractivity contribution in [2.45, 2.75) is 6.92 Å². The second-order valence-electron chi connectivity index (χ2n) is 6.63. The fourth-order valence-corrected chi connectivity index (χ4v) is 3.01. The molecule has 0 fully saturated rings. The highest BCUT2D eigenvalue weighted by Crippen LogP contribution is 2.15. The molecule has 1 aromatic carbocycles. The van der Waals surface area contributed by atoms with Crippen LogP contribution in [0, 0.1) is 6.92 Å². The zero-order valence-electron chi connectivity index (χ0n) is 16.5. The monoisotopic (exact) mass is 401 g/mol. The number of aryl methyl sites for hydroxylation is 1. The van der Waals surface area contributed by atoms with Crippen LogP contribution in [0.4, 0.5) is 5.95 Å². The van der Waals surface area contributed by atoms with Gasteiger partial charge >= 0.3 is 0 Å². The first-order valence-corrected chi connectivity index (χ1v) is 9.25. The molecule has 0 aliphatic rings. The van der Waals surface area contributed by atoms with Crippen LogP contribution in [0.1, 0.15) is 16.2 Å². The Balaban J connectivity index is 1.55. The molecule has 0 bridgehead atoms. The van der Waals surface area contributed by atoms with Crippen LogP contribution in [0.15, 0.2) is 66.1 Å². The van der Waals surface area contributed by atoms with Crippen LogP contribution >= 0.6 is 0 Å². The molecule has 0 saturated carbocycles. The van der Waals surface area contributed by atoms with Crippen molar-refractivity contribution >= 4 is 11.7 Å². The fourth-order valence-electron chi connectivity index (χ4n) is 3.01. The minimum atomic E-state index is -0.258. The predicted octanol–water partition coefficient (Wildman–Crippen LogP) is 2.03. The molecular formula is C21H19N7O2. The molecule has 3 heterocycles. The van der Waals surface area contributed by atoms with Crippen LogP contribution in [0.25, 0.3) is 17.1 Å². The van der Waals surface area contributed by atoms with Gasteiger partial charge in [-0.3, -0.25) is 14.2 Å². The summed E-state index contributed by atoms with van der Waals surface area (Å²) in [5.41, 5.74) is 2.08. The zero-order chi connectivity index (χ0) is 21.1. The number of nitrogens with zero attached hydrogens (tertiary/aromatic N) is 6. The summed E-state index contributed by atoms with van der Waals surface area (Å²) in [6.07, 6.45) is 6.52. The summed E-state index contributed by atoms with van der Waals surface area (Å²) in [6, 6.07) is 10.4. The number of benzene rings is 1. The van der Waals surface area contributed by atoms with E-state index in [1.54, 1.807) is 31.6 Å². The summed E-state index contributed by atoms with van der Waals surface area (Å²) in [4.78, 5) is 41.7. The fraction of sp³-hybridized carbons (Fsp3) is 0.143. The quantitative estimate of drug-likeness (QED) is 0.493. The summed E-state index contributed by atoms with van der Waals surface area (Å²) in [5.74, 6) is 0.987. The first-order chi connectivity index (χ1) is 14.5. The third kappa shape index (κ3) is 3.86. The number of aromatic nitrogens is 6. The van der Waals surface area contributed by atoms with Crippen molar-refractivity contribution in [3.05, 3.63) is 83.1 Å². The summed E-state index contributed by atoms with van der Waals surface area (Å²) in [6.45, 7) is 1.88. The van der Waals surface area contributed by atoms with Crippen molar-refractivity contribution in [3.63, 3.8) is 0 Å².